The van der Waals surface area contributed by atoms with Crippen LogP contribution < -0.4 is 11.1 Å². The van der Waals surface area contributed by atoms with Gasteiger partial charge in [-0.05, 0) is 12.8 Å². The number of hydrogen-bond donors (Lipinski definition) is 2. The molecule has 1 aromatic rings. The van der Waals surface area contributed by atoms with E-state index in [1.807, 2.05) is 20.8 Å². The van der Waals surface area contributed by atoms with Gasteiger partial charge in [0, 0.05) is 19.2 Å². The number of amides is 1. The van der Waals surface area contributed by atoms with E-state index in [1.54, 1.807) is 11.7 Å². The molecule has 1 amide bonds. The second-order valence-corrected chi connectivity index (χ2v) is 4.84. The summed E-state index contributed by atoms with van der Waals surface area (Å²) in [6, 6.07) is -0.356. The van der Waals surface area contributed by atoms with Gasteiger partial charge in [-0.2, -0.15) is 5.10 Å². The summed E-state index contributed by atoms with van der Waals surface area (Å²) in [5.74, 6) is -0.207. The van der Waals surface area contributed by atoms with Gasteiger partial charge in [0.15, 0.2) is 0 Å². The van der Waals surface area contributed by atoms with Gasteiger partial charge < -0.3 is 11.1 Å². The number of nitrogens with one attached hydrogen (secondary N) is 1. The highest BCUT2D eigenvalue weighted by Gasteiger charge is 2.20. The van der Waals surface area contributed by atoms with Gasteiger partial charge >= 0.3 is 0 Å². The van der Waals surface area contributed by atoms with Crippen LogP contribution in [0.25, 0.3) is 0 Å². The molecule has 0 saturated carbocycles. The van der Waals surface area contributed by atoms with Gasteiger partial charge in [-0.3, -0.25) is 9.48 Å². The summed E-state index contributed by atoms with van der Waals surface area (Å²) in [5, 5.41) is 7.91. The number of nitrogens with zero attached hydrogens (tertiary/aromatic N) is 2. The molecule has 5 nitrogen and oxygen atoms in total. The molecule has 0 spiro atoms. The Hall–Kier alpha value is -1.07. The van der Waals surface area contributed by atoms with E-state index in [-0.39, 0.29) is 17.9 Å². The average molecular weight is 259 g/mol. The Labute approximate surface area is 106 Å². The number of carbonyl (C=O) groups is 1. The third kappa shape index (κ3) is 3.20. The van der Waals surface area contributed by atoms with Crippen molar-refractivity contribution in [2.24, 2.45) is 18.7 Å². The highest BCUT2D eigenvalue weighted by Crippen LogP contribution is 2.18. The summed E-state index contributed by atoms with van der Waals surface area (Å²) in [7, 11) is 1.78. The Balaban J connectivity index is 2.75. The molecule has 17 heavy (non-hydrogen) atoms. The van der Waals surface area contributed by atoms with Crippen molar-refractivity contribution in [3.05, 3.63) is 16.4 Å². The molecule has 0 aliphatic carbocycles. The summed E-state index contributed by atoms with van der Waals surface area (Å²) in [6.07, 6.45) is 0. The van der Waals surface area contributed by atoms with Crippen LogP contribution in [0.2, 0.25) is 5.15 Å². The lowest BCUT2D eigenvalue weighted by molar-refractivity contribution is -0.121. The summed E-state index contributed by atoms with van der Waals surface area (Å²) >= 11 is 6.10. The van der Waals surface area contributed by atoms with Gasteiger partial charge in [0.1, 0.15) is 5.15 Å². The summed E-state index contributed by atoms with van der Waals surface area (Å²) < 4.78 is 1.61. The van der Waals surface area contributed by atoms with Crippen molar-refractivity contribution in [3.8, 4) is 0 Å². The first-order valence-corrected chi connectivity index (χ1v) is 5.93. The highest BCUT2D eigenvalue weighted by atomic mass is 35.5. The molecule has 0 fully saturated rings. The predicted molar refractivity (Wildman–Crippen MR) is 67.6 cm³/mol. The zero-order valence-corrected chi connectivity index (χ0v) is 11.4. The van der Waals surface area contributed by atoms with E-state index in [9.17, 15) is 4.79 Å². The number of nitrogens with two attached hydrogens (primary N) is 1. The van der Waals surface area contributed by atoms with Gasteiger partial charge in [-0.1, -0.05) is 25.4 Å². The zero-order chi connectivity index (χ0) is 13.2. The molecule has 0 bridgehead atoms. The molecule has 0 radical (unpaired) electrons. The monoisotopic (exact) mass is 258 g/mol. The molecule has 0 aliphatic rings. The zero-order valence-electron chi connectivity index (χ0n) is 10.6. The van der Waals surface area contributed by atoms with Crippen LogP contribution in [-0.2, 0) is 18.4 Å². The Morgan fingerprint density at radius 2 is 2.18 bits per heavy atom. The van der Waals surface area contributed by atoms with Crippen LogP contribution in [0.3, 0.4) is 0 Å². The molecule has 1 unspecified atom stereocenters. The largest absolute Gasteiger partial charge is 0.368 e. The van der Waals surface area contributed by atoms with Crippen molar-refractivity contribution in [1.29, 1.82) is 0 Å². The molecular formula is C11H19ClN4O. The second-order valence-electron chi connectivity index (χ2n) is 4.48. The van der Waals surface area contributed by atoms with E-state index < -0.39 is 0 Å². The first kappa shape index (κ1) is 14.0. The highest BCUT2D eigenvalue weighted by molar-refractivity contribution is 6.30. The Kier molecular flexibility index (Phi) is 4.54. The summed E-state index contributed by atoms with van der Waals surface area (Å²) in [6.45, 7) is 6.27. The number of primary amides is 1. The summed E-state index contributed by atoms with van der Waals surface area (Å²) in [4.78, 5) is 11.2. The molecule has 1 rings (SSSR count). The lowest BCUT2D eigenvalue weighted by atomic mass is 10.0. The lowest BCUT2D eigenvalue weighted by Crippen LogP contribution is -2.44. The minimum Gasteiger partial charge on any atom is -0.368 e. The third-order valence-electron chi connectivity index (χ3n) is 2.74. The number of aromatic nitrogens is 2. The van der Waals surface area contributed by atoms with E-state index >= 15 is 0 Å². The van der Waals surface area contributed by atoms with Crippen LogP contribution in [0.4, 0.5) is 0 Å². The molecule has 96 valence electrons. The number of rotatable bonds is 5. The van der Waals surface area contributed by atoms with Crippen molar-refractivity contribution >= 4 is 17.5 Å². The van der Waals surface area contributed by atoms with Crippen LogP contribution in [-0.4, -0.2) is 21.7 Å². The molecule has 1 aromatic heterocycles. The number of halogens is 1. The first-order chi connectivity index (χ1) is 7.84. The van der Waals surface area contributed by atoms with Crippen molar-refractivity contribution in [2.45, 2.75) is 33.4 Å². The number of hydrogen-bond acceptors (Lipinski definition) is 3. The summed E-state index contributed by atoms with van der Waals surface area (Å²) in [5.41, 5.74) is 7.09. The standard InChI is InChI=1S/C11H19ClN4O/c1-6(2)9(11(13)17)14-5-8-7(3)15-16(4)10(8)12/h6,9,14H,5H2,1-4H3,(H2,13,17). The van der Waals surface area contributed by atoms with Gasteiger partial charge in [0.25, 0.3) is 0 Å². The fourth-order valence-corrected chi connectivity index (χ4v) is 1.99. The Morgan fingerprint density at radius 3 is 2.53 bits per heavy atom. The van der Waals surface area contributed by atoms with Crippen molar-refractivity contribution in [1.82, 2.24) is 15.1 Å². The molecule has 0 aromatic carbocycles. The van der Waals surface area contributed by atoms with Crippen molar-refractivity contribution < 1.29 is 4.79 Å². The van der Waals surface area contributed by atoms with Gasteiger partial charge in [-0.25, -0.2) is 0 Å². The maximum atomic E-state index is 11.2. The van der Waals surface area contributed by atoms with Crippen molar-refractivity contribution in [3.63, 3.8) is 0 Å². The van der Waals surface area contributed by atoms with E-state index in [0.29, 0.717) is 11.7 Å². The molecule has 0 aliphatic heterocycles. The lowest BCUT2D eigenvalue weighted by Gasteiger charge is -2.18. The SMILES string of the molecule is Cc1nn(C)c(Cl)c1CNC(C(N)=O)C(C)C. The van der Waals surface area contributed by atoms with Gasteiger partial charge in [0.05, 0.1) is 11.7 Å². The molecule has 3 N–H and O–H groups in total. The van der Waals surface area contributed by atoms with Crippen molar-refractivity contribution in [2.75, 3.05) is 0 Å². The quantitative estimate of drug-likeness (QED) is 0.827. The molecular weight excluding hydrogens is 240 g/mol. The molecule has 0 saturated heterocycles. The average Bonchev–Trinajstić information content (AvgIpc) is 2.43. The van der Waals surface area contributed by atoms with Gasteiger partial charge in [0.2, 0.25) is 5.91 Å². The van der Waals surface area contributed by atoms with E-state index in [2.05, 4.69) is 10.4 Å². The second kappa shape index (κ2) is 5.51. The molecule has 1 heterocycles. The van der Waals surface area contributed by atoms with E-state index in [0.717, 1.165) is 11.3 Å². The van der Waals surface area contributed by atoms with E-state index in [4.69, 9.17) is 17.3 Å². The minimum absolute atomic E-state index is 0.142. The van der Waals surface area contributed by atoms with E-state index in [1.165, 1.54) is 0 Å². The maximum Gasteiger partial charge on any atom is 0.234 e. The Bertz CT molecular complexity index is 414. The normalized spacial score (nSPS) is 13.1. The van der Waals surface area contributed by atoms with Crippen LogP contribution >= 0.6 is 11.6 Å². The smallest absolute Gasteiger partial charge is 0.234 e. The molecule has 6 heteroatoms. The number of aryl methyl sites for hydroxylation is 2. The van der Waals surface area contributed by atoms with Crippen LogP contribution in [0.5, 0.6) is 0 Å². The minimum atomic E-state index is -0.356. The van der Waals surface area contributed by atoms with Crippen LogP contribution in [0, 0.1) is 12.8 Å². The van der Waals surface area contributed by atoms with Gasteiger partial charge in [-0.15, -0.1) is 0 Å². The van der Waals surface area contributed by atoms with Crippen LogP contribution in [0.15, 0.2) is 0 Å². The maximum absolute atomic E-state index is 11.2. The fraction of sp³-hybridized carbons (Fsp3) is 0.636. The fourth-order valence-electron chi connectivity index (χ4n) is 1.75. The first-order valence-electron chi connectivity index (χ1n) is 5.55. The topological polar surface area (TPSA) is 72.9 Å². The number of carbonyl (C=O) groups excluding carboxylic acids is 1. The Morgan fingerprint density at radius 1 is 1.59 bits per heavy atom. The third-order valence-corrected chi connectivity index (χ3v) is 3.21. The predicted octanol–water partition coefficient (Wildman–Crippen LogP) is 0.981. The van der Waals surface area contributed by atoms with Crippen LogP contribution in [0.1, 0.15) is 25.1 Å². The molecule has 1 atom stereocenters.